The minimum absolute atomic E-state index is 0.0501. The molecule has 47 heavy (non-hydrogen) atoms. The fourth-order valence-electron chi connectivity index (χ4n) is 4.54. The van der Waals surface area contributed by atoms with Crippen molar-refractivity contribution < 1.29 is 54.0 Å². The number of hydrogen-bond acceptors (Lipinski definition) is 13. The van der Waals surface area contributed by atoms with Crippen LogP contribution in [0.4, 0.5) is 0 Å². The summed E-state index contributed by atoms with van der Waals surface area (Å²) in [5.74, 6) is -7.26. The number of aliphatic hydroxyl groups excluding tert-OH is 2. The number of carbonyl (C=O) groups is 7. The molecule has 0 unspecified atom stereocenters. The van der Waals surface area contributed by atoms with Crippen molar-refractivity contribution in [3.8, 4) is 5.75 Å². The van der Waals surface area contributed by atoms with Gasteiger partial charge in [-0.05, 0) is 30.5 Å². The number of nitrogens with one attached hydrogen (secondary N) is 4. The first kappa shape index (κ1) is 39.1. The van der Waals surface area contributed by atoms with Gasteiger partial charge in [-0.25, -0.2) is 0 Å². The van der Waals surface area contributed by atoms with Gasteiger partial charge in [0.1, 0.15) is 47.3 Å². The van der Waals surface area contributed by atoms with Crippen LogP contribution in [0.2, 0.25) is 0 Å². The van der Waals surface area contributed by atoms with Gasteiger partial charge in [0, 0.05) is 18.7 Å². The number of amides is 6. The molecule has 1 heterocycles. The van der Waals surface area contributed by atoms with Crippen molar-refractivity contribution in [3.05, 3.63) is 29.8 Å². The number of benzene rings is 1. The topological polar surface area (TPSA) is 304 Å². The largest absolute Gasteiger partial charge is 0.508 e. The van der Waals surface area contributed by atoms with E-state index >= 15 is 0 Å². The average molecular weight is 702 g/mol. The highest BCUT2D eigenvalue weighted by atomic mass is 32.1. The zero-order chi connectivity index (χ0) is 35.4. The molecule has 7 atom stereocenters. The van der Waals surface area contributed by atoms with Crippen LogP contribution in [0.5, 0.6) is 5.75 Å². The number of carboxylic acids is 1. The predicted molar refractivity (Wildman–Crippen MR) is 170 cm³/mol. The number of hydrogen-bond donors (Lipinski definition) is 12. The molecule has 12 N–H and O–H groups in total. The number of thiol groups is 2. The van der Waals surface area contributed by atoms with Crippen molar-refractivity contribution >= 4 is 66.7 Å². The highest BCUT2D eigenvalue weighted by Crippen LogP contribution is 2.19. The Hall–Kier alpha value is -4.11. The first-order valence-corrected chi connectivity index (χ1v) is 15.4. The number of phenols is 1. The van der Waals surface area contributed by atoms with Gasteiger partial charge >= 0.3 is 5.97 Å². The van der Waals surface area contributed by atoms with E-state index < -0.39 is 96.1 Å². The van der Waals surface area contributed by atoms with Gasteiger partial charge in [0.25, 0.3) is 0 Å². The molecule has 0 bridgehead atoms. The zero-order valence-electron chi connectivity index (χ0n) is 24.9. The smallest absolute Gasteiger partial charge is 0.318 e. The van der Waals surface area contributed by atoms with E-state index in [-0.39, 0.29) is 30.9 Å². The number of aromatic hydroxyl groups is 1. The first-order chi connectivity index (χ1) is 22.1. The number of primary amides is 1. The number of rotatable bonds is 17. The normalized spacial score (nSPS) is 18.1. The fourth-order valence-corrected chi connectivity index (χ4v) is 4.94. The van der Waals surface area contributed by atoms with Crippen LogP contribution < -0.4 is 32.7 Å². The summed E-state index contributed by atoms with van der Waals surface area (Å²) in [5.41, 5.74) is 11.3. The van der Waals surface area contributed by atoms with E-state index in [4.69, 9.17) is 16.6 Å². The van der Waals surface area contributed by atoms with Gasteiger partial charge in [0.15, 0.2) is 0 Å². The lowest BCUT2D eigenvalue weighted by atomic mass is 10.0. The molecule has 260 valence electrons. The van der Waals surface area contributed by atoms with E-state index in [0.717, 1.165) is 4.90 Å². The number of nitrogens with two attached hydrogens (primary N) is 2. The van der Waals surface area contributed by atoms with E-state index in [1.54, 1.807) is 0 Å². The molecule has 1 aliphatic heterocycles. The monoisotopic (exact) mass is 701 g/mol. The Morgan fingerprint density at radius 3 is 1.96 bits per heavy atom. The van der Waals surface area contributed by atoms with E-state index in [1.165, 1.54) is 24.3 Å². The minimum Gasteiger partial charge on any atom is -0.508 e. The number of aliphatic hydroxyl groups is 2. The van der Waals surface area contributed by atoms with Crippen molar-refractivity contribution in [3.63, 3.8) is 0 Å². The molecule has 0 aromatic heterocycles. The predicted octanol–water partition coefficient (Wildman–Crippen LogP) is -5.03. The Bertz CT molecular complexity index is 1320. The quantitative estimate of drug-likeness (QED) is 0.0680. The number of likely N-dealkylation sites (tertiary alicyclic amines) is 1. The zero-order valence-corrected chi connectivity index (χ0v) is 26.7. The Kier molecular flexibility index (Phi) is 15.2. The van der Waals surface area contributed by atoms with Crippen molar-refractivity contribution in [1.29, 1.82) is 0 Å². The number of carbonyl (C=O) groups excluding carboxylic acids is 6. The van der Waals surface area contributed by atoms with Gasteiger partial charge in [0.05, 0.1) is 13.2 Å². The summed E-state index contributed by atoms with van der Waals surface area (Å²) < 4.78 is 0. The van der Waals surface area contributed by atoms with Gasteiger partial charge < -0.3 is 58.1 Å². The van der Waals surface area contributed by atoms with Crippen molar-refractivity contribution in [1.82, 2.24) is 26.2 Å². The van der Waals surface area contributed by atoms with Gasteiger partial charge in [-0.15, -0.1) is 0 Å². The van der Waals surface area contributed by atoms with Crippen LogP contribution >= 0.6 is 25.3 Å². The standard InChI is InChI=1S/C27H39N7O11S2/c28-19(20(47)27(44)45)25(42)32-16(10-36)26(43)34-7-1-2-18(34)24(41)33-17(11-46)23(40)30-14(8-12-3-5-13(37)6-4-12)22(39)31-15(9-35)21(29)38/h3-6,14-20,35-37,46-47H,1-2,7-11,28H2,(H2,29,38)(H,30,40)(H,31,39)(H,32,42)(H,33,41)(H,44,45)/t14-,15-,16-,17-,18-,19-,20+/m0/s1. The third-order valence-corrected chi connectivity index (χ3v) is 8.11. The maximum atomic E-state index is 13.3. The summed E-state index contributed by atoms with van der Waals surface area (Å²) >= 11 is 7.87. The average Bonchev–Trinajstić information content (AvgIpc) is 3.54. The molecule has 0 saturated carbocycles. The van der Waals surface area contributed by atoms with Crippen LogP contribution in [-0.4, -0.2) is 134 Å². The van der Waals surface area contributed by atoms with Crippen LogP contribution in [0.25, 0.3) is 0 Å². The Morgan fingerprint density at radius 2 is 1.43 bits per heavy atom. The number of nitrogens with zero attached hydrogens (tertiary/aromatic N) is 1. The molecule has 1 fully saturated rings. The third kappa shape index (κ3) is 11.0. The van der Waals surface area contributed by atoms with E-state index in [2.05, 4.69) is 46.5 Å². The van der Waals surface area contributed by atoms with E-state index in [9.17, 15) is 48.9 Å². The molecule has 0 aliphatic carbocycles. The van der Waals surface area contributed by atoms with Crippen molar-refractivity contribution in [2.75, 3.05) is 25.5 Å². The van der Waals surface area contributed by atoms with Crippen molar-refractivity contribution in [2.45, 2.75) is 60.8 Å². The Morgan fingerprint density at radius 1 is 0.872 bits per heavy atom. The summed E-state index contributed by atoms with van der Waals surface area (Å²) in [6, 6.07) is -2.81. The van der Waals surface area contributed by atoms with Crippen molar-refractivity contribution in [2.24, 2.45) is 11.5 Å². The highest BCUT2D eigenvalue weighted by Gasteiger charge is 2.40. The minimum atomic E-state index is -1.66. The lowest BCUT2D eigenvalue weighted by Crippen LogP contribution is -2.60. The second kappa shape index (κ2) is 18.3. The third-order valence-electron chi connectivity index (χ3n) is 7.20. The van der Waals surface area contributed by atoms with Crippen LogP contribution in [0.15, 0.2) is 24.3 Å². The number of phenolic OH excluding ortho intramolecular Hbond substituents is 1. The molecule has 1 aromatic carbocycles. The molecular formula is C27H39N7O11S2. The molecule has 1 aliphatic rings. The maximum absolute atomic E-state index is 13.3. The second-order valence-electron chi connectivity index (χ2n) is 10.6. The van der Waals surface area contributed by atoms with Gasteiger partial charge in [-0.3, -0.25) is 33.6 Å². The van der Waals surface area contributed by atoms with Gasteiger partial charge in [-0.2, -0.15) is 25.3 Å². The summed E-state index contributed by atoms with van der Waals surface area (Å²) in [7, 11) is 0. The van der Waals surface area contributed by atoms with Crippen LogP contribution in [-0.2, 0) is 40.0 Å². The SMILES string of the molecule is NC(=O)[C@H](CO)NC(=O)[C@H](Cc1ccc(O)cc1)NC(=O)[C@H](CS)NC(=O)[C@@H]1CCCN1C(=O)[C@H](CO)NC(=O)[C@@H](N)[C@@H](S)C(=O)O. The molecule has 20 heteroatoms. The number of carboxylic acid groups (broad SMARTS) is 1. The first-order valence-electron chi connectivity index (χ1n) is 14.2. The van der Waals surface area contributed by atoms with Gasteiger partial charge in [0.2, 0.25) is 35.4 Å². The van der Waals surface area contributed by atoms with E-state index in [0.29, 0.717) is 12.0 Å². The highest BCUT2D eigenvalue weighted by molar-refractivity contribution is 7.81. The summed E-state index contributed by atoms with van der Waals surface area (Å²) in [4.78, 5) is 88.9. The lowest BCUT2D eigenvalue weighted by molar-refractivity contribution is -0.143. The summed E-state index contributed by atoms with van der Waals surface area (Å²) in [5, 5.41) is 45.5. The molecule has 6 amide bonds. The molecule has 1 saturated heterocycles. The Labute approximate surface area is 279 Å². The Balaban J connectivity index is 2.16. The maximum Gasteiger partial charge on any atom is 0.318 e. The molecule has 2 rings (SSSR count). The molecule has 1 aromatic rings. The fraction of sp³-hybridized carbons (Fsp3) is 0.519. The molecule has 0 spiro atoms. The molecule has 0 radical (unpaired) electrons. The molecular weight excluding hydrogens is 662 g/mol. The van der Waals surface area contributed by atoms with Crippen LogP contribution in [0.3, 0.4) is 0 Å². The van der Waals surface area contributed by atoms with Crippen LogP contribution in [0.1, 0.15) is 18.4 Å². The summed E-state index contributed by atoms with van der Waals surface area (Å²) in [6.45, 7) is -1.65. The van der Waals surface area contributed by atoms with E-state index in [1.807, 2.05) is 0 Å². The summed E-state index contributed by atoms with van der Waals surface area (Å²) in [6.07, 6.45) is 0.375. The van der Waals surface area contributed by atoms with Gasteiger partial charge in [-0.1, -0.05) is 12.1 Å². The van der Waals surface area contributed by atoms with Crippen LogP contribution in [0, 0.1) is 0 Å². The number of aliphatic carboxylic acids is 1. The molecule has 18 nitrogen and oxygen atoms in total. The lowest BCUT2D eigenvalue weighted by Gasteiger charge is -2.30. The second-order valence-corrected chi connectivity index (χ2v) is 11.5.